The second-order valence-corrected chi connectivity index (χ2v) is 48.1. The van der Waals surface area contributed by atoms with Gasteiger partial charge in [-0.3, -0.25) is 0 Å². The number of aryl methyl sites for hydroxylation is 7. The van der Waals surface area contributed by atoms with Crippen LogP contribution in [0, 0.1) is 55.6 Å². The number of rotatable bonds is 7. The van der Waals surface area contributed by atoms with Crippen molar-refractivity contribution in [2.24, 2.45) is 0 Å². The predicted molar refractivity (Wildman–Crippen MR) is 523 cm³/mol. The Morgan fingerprint density at radius 1 is 0.303 bits per heavy atom. The van der Waals surface area contributed by atoms with Crippen molar-refractivity contribution in [2.75, 3.05) is 0 Å². The van der Waals surface area contributed by atoms with E-state index < -0.39 is 0 Å². The third-order valence-corrected chi connectivity index (χ3v) is 43.3. The molecule has 0 radical (unpaired) electrons. The van der Waals surface area contributed by atoms with Crippen molar-refractivity contribution in [3.63, 3.8) is 0 Å². The average Bonchev–Trinajstić information content (AvgIpc) is 1.57. The summed E-state index contributed by atoms with van der Waals surface area (Å²) in [5.74, 6) is 0. The highest BCUT2D eigenvalue weighted by molar-refractivity contribution is 14.1. The maximum atomic E-state index is 6.60. The Kier molecular flexibility index (Phi) is 19.8. The number of thiazole rings is 2. The van der Waals surface area contributed by atoms with E-state index >= 15 is 0 Å². The van der Waals surface area contributed by atoms with E-state index in [1.54, 1.807) is 113 Å². The van der Waals surface area contributed by atoms with E-state index in [4.69, 9.17) is 26.5 Å². The minimum atomic E-state index is 0.851. The van der Waals surface area contributed by atoms with Crippen LogP contribution in [0.5, 0.6) is 0 Å². The monoisotopic (exact) mass is 2490 g/mol. The molecule has 0 saturated heterocycles. The highest BCUT2D eigenvalue weighted by Crippen LogP contribution is 2.59. The van der Waals surface area contributed by atoms with E-state index in [2.05, 4.69) is 339 Å². The quantitative estimate of drug-likeness (QED) is 0.145. The molecule has 0 aliphatic carbocycles. The normalized spacial score (nSPS) is 12.4. The maximum absolute atomic E-state index is 6.60. The fourth-order valence-corrected chi connectivity index (χ4v) is 37.9. The molecule has 18 heterocycles. The summed E-state index contributed by atoms with van der Waals surface area (Å²) >= 11 is 61.5. The van der Waals surface area contributed by atoms with Gasteiger partial charge in [0, 0.05) is 76.2 Å². The minimum absolute atomic E-state index is 0.851. The second-order valence-electron chi connectivity index (χ2n) is 25.5. The molecule has 32 heteroatoms. The van der Waals surface area contributed by atoms with Crippen LogP contribution in [-0.2, 0) is 0 Å². The lowest BCUT2D eigenvalue weighted by atomic mass is 10.2. The fourth-order valence-electron chi connectivity index (χ4n) is 13.6. The largest absolute Gasteiger partial charge is 0.454 e. The minimum Gasteiger partial charge on any atom is -0.454 e. The Morgan fingerprint density at radius 3 is 0.917 bits per heavy atom. The van der Waals surface area contributed by atoms with E-state index in [1.165, 1.54) is 64.7 Å². The number of furan rings is 6. The molecule has 0 aliphatic rings. The summed E-state index contributed by atoms with van der Waals surface area (Å²) in [6.45, 7) is 14.7. The molecular formula is C77H35Br10I2N3O6S11. The Morgan fingerprint density at radius 2 is 0.596 bits per heavy atom. The van der Waals surface area contributed by atoms with Gasteiger partial charge in [0.2, 0.25) is 0 Å². The molecule has 0 saturated carbocycles. The molecule has 544 valence electrons. The lowest BCUT2D eigenvalue weighted by Gasteiger charge is -2.12. The van der Waals surface area contributed by atoms with Crippen molar-refractivity contribution in [3.05, 3.63) is 173 Å². The molecule has 0 unspecified atom stereocenters. The molecule has 0 spiro atoms. The van der Waals surface area contributed by atoms with Gasteiger partial charge in [0.05, 0.1) is 123 Å². The van der Waals surface area contributed by atoms with Crippen LogP contribution in [0.15, 0.2) is 156 Å². The summed E-state index contributed by atoms with van der Waals surface area (Å²) < 4.78 is 60.2. The standard InChI is InChI=1S/C31H17Br2I2NO2S3.C24H10Br4O2S4.C22H8Br4N2O2S4/c1-12-4-6-15(7-5-12)36-13(2)8-18(32)24(36)30-22(34)25-27(40-30)16-10-21-17(11-20(16)37-25)28-26(38-21)23(35)31(41-28)29-19(33)9-14(3)39-29;1-7-3-11(25)21(31-7)23-15(27)17-19(33-23)9-5-14-10(6-13(9)29-17)20-18(30-14)16(28)24(34-20)22-12(26)4-8(2)32-22;1-5-27-21(25)19(31-5)17-11(23)13-15(33-17)7-3-10-8(4-9(7)29-13)16-14(30-10)12(24)18(34-16)20-22(26)28-6(2)32-20/h4-11H,1-3H3;3-6H,1-2H3;3-4H,1-2H3. The summed E-state index contributed by atoms with van der Waals surface area (Å²) in [4.78, 5) is 25.8. The summed E-state index contributed by atoms with van der Waals surface area (Å²) in [5.41, 5.74) is 15.4. The van der Waals surface area contributed by atoms with Crippen molar-refractivity contribution >= 4 is 457 Å². The van der Waals surface area contributed by atoms with Crippen molar-refractivity contribution in [3.8, 4) is 65.0 Å². The Bertz CT molecular complexity index is 7100. The number of aromatic nitrogens is 3. The molecule has 0 N–H and O–H groups in total. The van der Waals surface area contributed by atoms with Gasteiger partial charge in [0.25, 0.3) is 0 Å². The first kappa shape index (κ1) is 75.5. The molecule has 0 aliphatic heterocycles. The van der Waals surface area contributed by atoms with Crippen molar-refractivity contribution in [1.29, 1.82) is 0 Å². The number of halogens is 12. The first-order chi connectivity index (χ1) is 52.3. The summed E-state index contributed by atoms with van der Waals surface area (Å²) in [5, 5.41) is 8.51. The van der Waals surface area contributed by atoms with Crippen LogP contribution in [0.3, 0.4) is 0 Å². The van der Waals surface area contributed by atoms with Gasteiger partial charge in [0.1, 0.15) is 42.7 Å². The number of nitrogens with zero attached hydrogens (tertiary/aromatic N) is 3. The zero-order valence-electron chi connectivity index (χ0n) is 55.9. The predicted octanol–water partition coefficient (Wildman–Crippen LogP) is 37.7. The molecule has 4 aromatic carbocycles. The Balaban J connectivity index is 0.000000108. The lowest BCUT2D eigenvalue weighted by Crippen LogP contribution is -1.99. The van der Waals surface area contributed by atoms with E-state index in [9.17, 15) is 0 Å². The van der Waals surface area contributed by atoms with Crippen LogP contribution in [0.2, 0.25) is 0 Å². The van der Waals surface area contributed by atoms with E-state index in [0.29, 0.717) is 0 Å². The van der Waals surface area contributed by atoms with E-state index in [0.717, 1.165) is 216 Å². The van der Waals surface area contributed by atoms with Crippen LogP contribution in [0.4, 0.5) is 0 Å². The van der Waals surface area contributed by atoms with Crippen molar-refractivity contribution in [1.82, 2.24) is 14.5 Å². The third kappa shape index (κ3) is 12.3. The molecule has 109 heavy (non-hydrogen) atoms. The zero-order valence-corrected chi connectivity index (χ0v) is 85.1. The van der Waals surface area contributed by atoms with Gasteiger partial charge in [-0.25, -0.2) is 9.97 Å². The molecule has 22 rings (SSSR count). The molecule has 0 atom stereocenters. The van der Waals surface area contributed by atoms with Gasteiger partial charge in [-0.05, 0) is 326 Å². The SMILES string of the molecule is Cc1cc(Br)c(-c2sc3c(oc4cc5c(cc43)oc3c(Br)c(-c4sc(C)cc4Br)sc35)c2Br)s1.Cc1ccc(-n2c(C)cc(Br)c2-c2sc3c(oc4cc5c(cc43)oc3c(I)c(-c4sc(C)cc4Br)sc35)c2I)cc1.Cc1nc(Br)c(-c2sc3c(oc4cc5c(cc43)oc3c(Br)c(-c4sc(C)nc4Br)sc35)c2Br)s1. The van der Waals surface area contributed by atoms with Gasteiger partial charge in [-0.1, -0.05) is 17.7 Å². The fraction of sp³-hybridized carbons (Fsp3) is 0.0909. The smallest absolute Gasteiger partial charge is 0.161 e. The number of benzene rings is 4. The summed E-state index contributed by atoms with van der Waals surface area (Å²) in [6.07, 6.45) is 0. The highest BCUT2D eigenvalue weighted by atomic mass is 127. The van der Waals surface area contributed by atoms with Gasteiger partial charge in [-0.2, -0.15) is 0 Å². The van der Waals surface area contributed by atoms with Crippen LogP contribution in [-0.4, -0.2) is 14.5 Å². The number of fused-ring (bicyclic) bond motifs is 18. The maximum Gasteiger partial charge on any atom is 0.161 e. The molecule has 0 bridgehead atoms. The Hall–Kier alpha value is -2.22. The number of thiophene rings is 9. The first-order valence-corrected chi connectivity index (χ1v) is 51.4. The second kappa shape index (κ2) is 28.5. The van der Waals surface area contributed by atoms with Crippen molar-refractivity contribution in [2.45, 2.75) is 48.5 Å². The number of hydrogen-bond acceptors (Lipinski definition) is 19. The first-order valence-electron chi connectivity index (χ1n) is 32.4. The summed E-state index contributed by atoms with van der Waals surface area (Å²) in [6, 6.07) is 30.2. The molecule has 18 aromatic heterocycles. The van der Waals surface area contributed by atoms with Crippen LogP contribution in [0.1, 0.15) is 35.9 Å². The highest BCUT2D eigenvalue weighted by Gasteiger charge is 2.31. The van der Waals surface area contributed by atoms with Gasteiger partial charge >= 0.3 is 0 Å². The summed E-state index contributed by atoms with van der Waals surface area (Å²) in [7, 11) is 0. The van der Waals surface area contributed by atoms with Crippen LogP contribution in [0.25, 0.3) is 193 Å². The molecule has 0 amide bonds. The average molecular weight is 2500 g/mol. The van der Waals surface area contributed by atoms with Gasteiger partial charge in [-0.15, -0.1) is 125 Å². The van der Waals surface area contributed by atoms with Gasteiger partial charge < -0.3 is 31.1 Å². The third-order valence-electron chi connectivity index (χ3n) is 18.3. The van der Waals surface area contributed by atoms with Crippen LogP contribution >= 0.6 is 329 Å². The lowest BCUT2D eigenvalue weighted by molar-refractivity contribution is 0.662. The van der Waals surface area contributed by atoms with Gasteiger partial charge in [0.15, 0.2) is 33.5 Å². The number of hydrogen-bond donors (Lipinski definition) is 0. The molecule has 0 fully saturated rings. The molecular weight excluding hydrogens is 2470 g/mol. The van der Waals surface area contributed by atoms with E-state index in [1.807, 2.05) is 25.2 Å². The van der Waals surface area contributed by atoms with Crippen LogP contribution < -0.4 is 0 Å². The van der Waals surface area contributed by atoms with E-state index in [-0.39, 0.29) is 0 Å². The van der Waals surface area contributed by atoms with Crippen molar-refractivity contribution < 1.29 is 26.5 Å². The topological polar surface area (TPSA) is 110 Å². The zero-order chi connectivity index (χ0) is 75.2. The molecule has 22 aromatic rings. The Labute approximate surface area is 772 Å². The molecule has 9 nitrogen and oxygen atoms in total.